The Morgan fingerprint density at radius 2 is 2.18 bits per heavy atom. The van der Waals surface area contributed by atoms with Crippen molar-refractivity contribution in [2.45, 2.75) is 37.8 Å². The minimum Gasteiger partial charge on any atom is -0.351 e. The number of hydrogen-bond acceptors (Lipinski definition) is 4. The quantitative estimate of drug-likeness (QED) is 0.659. The maximum atomic E-state index is 11.5. The van der Waals surface area contributed by atoms with E-state index in [0.717, 1.165) is 10.8 Å². The van der Waals surface area contributed by atoms with Crippen LogP contribution in [0.4, 0.5) is 0 Å². The lowest BCUT2D eigenvalue weighted by atomic mass is 10.1. The van der Waals surface area contributed by atoms with Crippen molar-refractivity contribution < 1.29 is 4.79 Å². The van der Waals surface area contributed by atoms with Crippen molar-refractivity contribution >= 4 is 27.5 Å². The lowest BCUT2D eigenvalue weighted by molar-refractivity contribution is -0.122. The van der Waals surface area contributed by atoms with E-state index in [4.69, 9.17) is 0 Å². The number of aromatic nitrogens is 1. The van der Waals surface area contributed by atoms with Gasteiger partial charge < -0.3 is 5.32 Å². The molecule has 0 aromatic carbocycles. The summed E-state index contributed by atoms with van der Waals surface area (Å²) in [5, 5.41) is 3.92. The second-order valence-electron chi connectivity index (χ2n) is 4.62. The zero-order valence-corrected chi connectivity index (χ0v) is 12.0. The number of hydrogen-bond donors (Lipinski definition) is 1. The molecule has 0 radical (unpaired) electrons. The number of nitrogens with one attached hydrogen (secondary N) is 1. The Labute approximate surface area is 111 Å². The minimum atomic E-state index is -0.143. The van der Waals surface area contributed by atoms with Gasteiger partial charge >= 0.3 is 0 Å². The number of amides is 1. The molecule has 0 spiro atoms. The molecule has 1 amide bonds. The number of rotatable bonds is 5. The first-order chi connectivity index (χ1) is 7.97. The Morgan fingerprint density at radius 1 is 1.41 bits per heavy atom. The molecule has 94 valence electrons. The van der Waals surface area contributed by atoms with Gasteiger partial charge in [0.2, 0.25) is 5.91 Å². The smallest absolute Gasteiger partial charge is 0.221 e. The summed E-state index contributed by atoms with van der Waals surface area (Å²) < 4.78 is 0. The van der Waals surface area contributed by atoms with Crippen molar-refractivity contribution in [3.8, 4) is 0 Å². The summed E-state index contributed by atoms with van der Waals surface area (Å²) in [6.45, 7) is 5.96. The van der Waals surface area contributed by atoms with Crippen molar-refractivity contribution in [3.63, 3.8) is 0 Å². The molecule has 17 heavy (non-hydrogen) atoms. The summed E-state index contributed by atoms with van der Waals surface area (Å²) in [5.74, 6) is 0.898. The van der Waals surface area contributed by atoms with Crippen LogP contribution >= 0.6 is 21.6 Å². The highest BCUT2D eigenvalue weighted by Crippen LogP contribution is 2.29. The third kappa shape index (κ3) is 7.28. The zero-order chi connectivity index (χ0) is 12.7. The topological polar surface area (TPSA) is 42.0 Å². The molecular formula is C12H18N2OS2. The molecule has 0 aliphatic rings. The Morgan fingerprint density at radius 3 is 2.76 bits per heavy atom. The van der Waals surface area contributed by atoms with Gasteiger partial charge in [0.05, 0.1) is 0 Å². The van der Waals surface area contributed by atoms with Gasteiger partial charge in [-0.25, -0.2) is 4.98 Å². The fraction of sp³-hybridized carbons (Fsp3) is 0.500. The predicted molar refractivity (Wildman–Crippen MR) is 75.1 cm³/mol. The Bertz CT molecular complexity index is 349. The van der Waals surface area contributed by atoms with Gasteiger partial charge in [0, 0.05) is 23.9 Å². The highest BCUT2D eigenvalue weighted by molar-refractivity contribution is 8.76. The van der Waals surface area contributed by atoms with E-state index in [1.807, 2.05) is 39.0 Å². The molecule has 1 aromatic rings. The molecule has 0 aliphatic heterocycles. The fourth-order valence-corrected chi connectivity index (χ4v) is 2.98. The highest BCUT2D eigenvalue weighted by Gasteiger charge is 2.13. The third-order valence-corrected chi connectivity index (χ3v) is 3.98. The minimum absolute atomic E-state index is 0.103. The van der Waals surface area contributed by atoms with Crippen molar-refractivity contribution in [1.82, 2.24) is 10.3 Å². The van der Waals surface area contributed by atoms with Crippen LogP contribution in [0.3, 0.4) is 0 Å². The van der Waals surface area contributed by atoms with Crippen molar-refractivity contribution in [3.05, 3.63) is 24.4 Å². The Kier molecular flexibility index (Phi) is 5.85. The molecule has 3 nitrogen and oxygen atoms in total. The summed E-state index contributed by atoms with van der Waals surface area (Å²) in [5.41, 5.74) is -0.143. The average Bonchev–Trinajstić information content (AvgIpc) is 2.23. The van der Waals surface area contributed by atoms with Crippen LogP contribution in [-0.2, 0) is 4.79 Å². The average molecular weight is 270 g/mol. The standard InChI is InChI=1S/C12H18N2OS2/c1-12(2,3)14-10(15)7-9-16-17-11-6-4-5-8-13-11/h4-6,8H,7,9H2,1-3H3,(H,14,15). The first kappa shape index (κ1) is 14.4. The first-order valence-corrected chi connectivity index (χ1v) is 7.81. The fourth-order valence-electron chi connectivity index (χ4n) is 1.11. The third-order valence-electron chi connectivity index (χ3n) is 1.71. The van der Waals surface area contributed by atoms with Gasteiger partial charge in [0.25, 0.3) is 0 Å². The van der Waals surface area contributed by atoms with Gasteiger partial charge in [-0.05, 0) is 43.7 Å². The molecule has 1 heterocycles. The Balaban J connectivity index is 2.14. The van der Waals surface area contributed by atoms with E-state index in [1.54, 1.807) is 27.8 Å². The summed E-state index contributed by atoms with van der Waals surface area (Å²) >= 11 is 0. The van der Waals surface area contributed by atoms with Crippen molar-refractivity contribution in [1.29, 1.82) is 0 Å². The van der Waals surface area contributed by atoms with E-state index < -0.39 is 0 Å². The molecule has 1 N–H and O–H groups in total. The monoisotopic (exact) mass is 270 g/mol. The summed E-state index contributed by atoms with van der Waals surface area (Å²) in [6, 6.07) is 5.82. The number of carbonyl (C=O) groups is 1. The van der Waals surface area contributed by atoms with Gasteiger partial charge in [-0.2, -0.15) is 0 Å². The normalized spacial score (nSPS) is 11.2. The van der Waals surface area contributed by atoms with Crippen molar-refractivity contribution in [2.24, 2.45) is 0 Å². The Hall–Kier alpha value is -0.680. The van der Waals surface area contributed by atoms with E-state index in [0.29, 0.717) is 6.42 Å². The zero-order valence-electron chi connectivity index (χ0n) is 10.4. The first-order valence-electron chi connectivity index (χ1n) is 5.49. The molecule has 1 rings (SSSR count). The molecule has 0 aliphatic carbocycles. The summed E-state index contributed by atoms with van der Waals surface area (Å²) in [4.78, 5) is 15.7. The number of carbonyl (C=O) groups excluding carboxylic acids is 1. The molecular weight excluding hydrogens is 252 g/mol. The van der Waals surface area contributed by atoms with Crippen LogP contribution in [0.1, 0.15) is 27.2 Å². The second-order valence-corrected chi connectivity index (χ2v) is 7.06. The van der Waals surface area contributed by atoms with Crippen LogP contribution in [0.5, 0.6) is 0 Å². The van der Waals surface area contributed by atoms with E-state index in [9.17, 15) is 4.79 Å². The van der Waals surface area contributed by atoms with Crippen LogP contribution in [0.15, 0.2) is 29.4 Å². The van der Waals surface area contributed by atoms with Crippen molar-refractivity contribution in [2.75, 3.05) is 5.75 Å². The van der Waals surface area contributed by atoms with Crippen LogP contribution < -0.4 is 5.32 Å². The van der Waals surface area contributed by atoms with E-state index in [1.165, 1.54) is 0 Å². The molecule has 0 atom stereocenters. The van der Waals surface area contributed by atoms with Crippen LogP contribution in [0.2, 0.25) is 0 Å². The summed E-state index contributed by atoms with van der Waals surface area (Å²) in [6.07, 6.45) is 2.32. The summed E-state index contributed by atoms with van der Waals surface area (Å²) in [7, 11) is 3.26. The molecule has 0 saturated carbocycles. The van der Waals surface area contributed by atoms with Gasteiger partial charge in [-0.1, -0.05) is 16.9 Å². The molecule has 5 heteroatoms. The lowest BCUT2D eigenvalue weighted by Gasteiger charge is -2.20. The van der Waals surface area contributed by atoms with E-state index in [2.05, 4.69) is 10.3 Å². The molecule has 0 bridgehead atoms. The maximum Gasteiger partial charge on any atom is 0.221 e. The lowest BCUT2D eigenvalue weighted by Crippen LogP contribution is -2.40. The number of nitrogens with zero attached hydrogens (tertiary/aromatic N) is 1. The molecule has 0 saturated heterocycles. The van der Waals surface area contributed by atoms with Gasteiger partial charge in [-0.3, -0.25) is 4.79 Å². The van der Waals surface area contributed by atoms with E-state index >= 15 is 0 Å². The maximum absolute atomic E-state index is 11.5. The van der Waals surface area contributed by atoms with Gasteiger partial charge in [-0.15, -0.1) is 0 Å². The van der Waals surface area contributed by atoms with Gasteiger partial charge in [0.1, 0.15) is 5.03 Å². The van der Waals surface area contributed by atoms with E-state index in [-0.39, 0.29) is 11.4 Å². The van der Waals surface area contributed by atoms with Gasteiger partial charge in [0.15, 0.2) is 0 Å². The molecule has 1 aromatic heterocycles. The van der Waals surface area contributed by atoms with Crippen LogP contribution in [0.25, 0.3) is 0 Å². The van der Waals surface area contributed by atoms with Crippen LogP contribution in [0, 0.1) is 0 Å². The largest absolute Gasteiger partial charge is 0.351 e. The molecule has 0 fully saturated rings. The highest BCUT2D eigenvalue weighted by atomic mass is 33.1. The SMILES string of the molecule is CC(C)(C)NC(=O)CCSSc1ccccn1. The second kappa shape index (κ2) is 6.91. The molecule has 0 unspecified atom stereocenters. The van der Waals surface area contributed by atoms with Crippen LogP contribution in [-0.4, -0.2) is 22.2 Å². The number of pyridine rings is 1. The predicted octanol–water partition coefficient (Wildman–Crippen LogP) is 3.13.